The maximum atomic E-state index is 3.98. The van der Waals surface area contributed by atoms with Crippen molar-refractivity contribution in [2.24, 2.45) is 5.92 Å². The molecular weight excluding hydrogens is 132 g/mol. The Morgan fingerprint density at radius 1 is 1.36 bits per heavy atom. The highest BCUT2D eigenvalue weighted by Gasteiger charge is 2.17. The molecule has 0 saturated heterocycles. The van der Waals surface area contributed by atoms with Crippen molar-refractivity contribution in [2.75, 3.05) is 0 Å². The van der Waals surface area contributed by atoms with Crippen LogP contribution in [0.15, 0.2) is 37.5 Å². The maximum absolute atomic E-state index is 3.98. The van der Waals surface area contributed by atoms with E-state index in [1.807, 2.05) is 6.92 Å². The second-order valence-electron chi connectivity index (χ2n) is 2.70. The van der Waals surface area contributed by atoms with Crippen LogP contribution in [-0.4, -0.2) is 0 Å². The van der Waals surface area contributed by atoms with Gasteiger partial charge in [-0.25, -0.2) is 0 Å². The van der Waals surface area contributed by atoms with E-state index in [2.05, 4.69) is 31.9 Å². The number of rotatable bonds is 2. The summed E-state index contributed by atoms with van der Waals surface area (Å²) in [5.41, 5.74) is 1.32. The minimum atomic E-state index is 0.821. The summed E-state index contributed by atoms with van der Waals surface area (Å²) in [6.45, 7) is 12.0. The first-order valence-corrected chi connectivity index (χ1v) is 4.16. The molecule has 1 aliphatic rings. The molecule has 0 aliphatic heterocycles. The molecule has 62 valence electrons. The fourth-order valence-corrected chi connectivity index (χ4v) is 1.13. The average molecular weight is 150 g/mol. The lowest BCUT2D eigenvalue weighted by atomic mass is 9.80. The van der Waals surface area contributed by atoms with Crippen molar-refractivity contribution in [3.05, 3.63) is 37.5 Å². The van der Waals surface area contributed by atoms with E-state index in [-0.39, 0.29) is 0 Å². The van der Waals surface area contributed by atoms with Gasteiger partial charge in [0.2, 0.25) is 0 Å². The molecule has 0 heteroatoms. The SMILES string of the molecule is C=C.C=C(/C=C\C)C1CCC1. The lowest BCUT2D eigenvalue weighted by Gasteiger charge is -2.25. The van der Waals surface area contributed by atoms with Gasteiger partial charge in [0.15, 0.2) is 0 Å². The summed E-state index contributed by atoms with van der Waals surface area (Å²) in [5.74, 6) is 0.821. The quantitative estimate of drug-likeness (QED) is 0.415. The Kier molecular flexibility index (Phi) is 5.54. The largest absolute Gasteiger partial charge is 0.106 e. The van der Waals surface area contributed by atoms with Crippen LogP contribution in [-0.2, 0) is 0 Å². The highest BCUT2D eigenvalue weighted by atomic mass is 14.2. The highest BCUT2D eigenvalue weighted by Crippen LogP contribution is 2.32. The van der Waals surface area contributed by atoms with Gasteiger partial charge >= 0.3 is 0 Å². The molecule has 0 radical (unpaired) electrons. The number of hydrogen-bond acceptors (Lipinski definition) is 0. The van der Waals surface area contributed by atoms with Gasteiger partial charge in [-0.2, -0.15) is 0 Å². The second kappa shape index (κ2) is 5.96. The molecule has 0 bridgehead atoms. The van der Waals surface area contributed by atoms with E-state index in [0.29, 0.717) is 0 Å². The third-order valence-corrected chi connectivity index (χ3v) is 2.01. The summed E-state index contributed by atoms with van der Waals surface area (Å²) in [4.78, 5) is 0. The smallest absolute Gasteiger partial charge is 0.0168 e. The van der Waals surface area contributed by atoms with Crippen LogP contribution in [0, 0.1) is 5.92 Å². The molecule has 0 nitrogen and oxygen atoms in total. The van der Waals surface area contributed by atoms with E-state index in [1.54, 1.807) is 0 Å². The van der Waals surface area contributed by atoms with Gasteiger partial charge in [0.25, 0.3) is 0 Å². The third-order valence-electron chi connectivity index (χ3n) is 2.01. The molecule has 0 amide bonds. The molecule has 0 unspecified atom stereocenters. The zero-order valence-electron chi connectivity index (χ0n) is 7.47. The summed E-state index contributed by atoms with van der Waals surface area (Å²) in [6, 6.07) is 0. The molecule has 0 N–H and O–H groups in total. The molecule has 0 aromatic carbocycles. The van der Waals surface area contributed by atoms with Crippen molar-refractivity contribution < 1.29 is 0 Å². The fraction of sp³-hybridized carbons (Fsp3) is 0.455. The van der Waals surface area contributed by atoms with Gasteiger partial charge in [0.05, 0.1) is 0 Å². The van der Waals surface area contributed by atoms with Gasteiger partial charge in [0, 0.05) is 0 Å². The minimum absolute atomic E-state index is 0.821. The topological polar surface area (TPSA) is 0 Å². The number of allylic oxidation sites excluding steroid dienone is 3. The molecule has 0 spiro atoms. The fourth-order valence-electron chi connectivity index (χ4n) is 1.13. The molecule has 1 saturated carbocycles. The Labute approximate surface area is 70.3 Å². The zero-order valence-corrected chi connectivity index (χ0v) is 7.47. The highest BCUT2D eigenvalue weighted by molar-refractivity contribution is 5.18. The molecule has 1 fully saturated rings. The van der Waals surface area contributed by atoms with Gasteiger partial charge < -0.3 is 0 Å². The Hall–Kier alpha value is -0.780. The summed E-state index contributed by atoms with van der Waals surface area (Å²) in [7, 11) is 0. The van der Waals surface area contributed by atoms with Crippen molar-refractivity contribution in [3.8, 4) is 0 Å². The van der Waals surface area contributed by atoms with Crippen LogP contribution in [0.4, 0.5) is 0 Å². The van der Waals surface area contributed by atoms with Crippen LogP contribution in [0.5, 0.6) is 0 Å². The van der Waals surface area contributed by atoms with Crippen LogP contribution in [0.3, 0.4) is 0 Å². The van der Waals surface area contributed by atoms with Gasteiger partial charge in [-0.1, -0.05) is 30.7 Å². The van der Waals surface area contributed by atoms with Crippen molar-refractivity contribution in [2.45, 2.75) is 26.2 Å². The van der Waals surface area contributed by atoms with E-state index < -0.39 is 0 Å². The summed E-state index contributed by atoms with van der Waals surface area (Å²) in [6.07, 6.45) is 8.33. The Morgan fingerprint density at radius 3 is 2.18 bits per heavy atom. The Balaban J connectivity index is 0.000000461. The van der Waals surface area contributed by atoms with Crippen LogP contribution < -0.4 is 0 Å². The third kappa shape index (κ3) is 3.22. The first-order valence-electron chi connectivity index (χ1n) is 4.16. The van der Waals surface area contributed by atoms with E-state index in [9.17, 15) is 0 Å². The summed E-state index contributed by atoms with van der Waals surface area (Å²) in [5, 5.41) is 0. The molecule has 0 aromatic rings. The van der Waals surface area contributed by atoms with Gasteiger partial charge in [0.1, 0.15) is 0 Å². The van der Waals surface area contributed by atoms with Crippen LogP contribution in [0.25, 0.3) is 0 Å². The van der Waals surface area contributed by atoms with Crippen molar-refractivity contribution in [1.29, 1.82) is 0 Å². The first-order chi connectivity index (χ1) is 5.34. The van der Waals surface area contributed by atoms with Crippen LogP contribution in [0.2, 0.25) is 0 Å². The Bertz CT molecular complexity index is 138. The van der Waals surface area contributed by atoms with E-state index in [0.717, 1.165) is 5.92 Å². The van der Waals surface area contributed by atoms with Crippen LogP contribution in [0.1, 0.15) is 26.2 Å². The van der Waals surface area contributed by atoms with E-state index >= 15 is 0 Å². The second-order valence-corrected chi connectivity index (χ2v) is 2.70. The van der Waals surface area contributed by atoms with E-state index in [1.165, 1.54) is 24.8 Å². The molecule has 11 heavy (non-hydrogen) atoms. The molecule has 0 atom stereocenters. The standard InChI is InChI=1S/C9H14.C2H4/c1-3-5-8(2)9-6-4-7-9;1-2/h3,5,9H,2,4,6-7H2,1H3;1-2H2/b5-3-;. The van der Waals surface area contributed by atoms with Crippen molar-refractivity contribution in [3.63, 3.8) is 0 Å². The average Bonchev–Trinajstić information content (AvgIpc) is 1.89. The van der Waals surface area contributed by atoms with Gasteiger partial charge in [-0.05, 0) is 25.7 Å². The van der Waals surface area contributed by atoms with Gasteiger partial charge in [-0.3, -0.25) is 0 Å². The summed E-state index contributed by atoms with van der Waals surface area (Å²) >= 11 is 0. The molecule has 1 aliphatic carbocycles. The molecule has 0 heterocycles. The zero-order chi connectivity index (χ0) is 8.69. The number of hydrogen-bond donors (Lipinski definition) is 0. The molecular formula is C11H18. The monoisotopic (exact) mass is 150 g/mol. The first kappa shape index (κ1) is 10.2. The lowest BCUT2D eigenvalue weighted by molar-refractivity contribution is 0.375. The minimum Gasteiger partial charge on any atom is -0.106 e. The maximum Gasteiger partial charge on any atom is -0.0168 e. The van der Waals surface area contributed by atoms with Crippen molar-refractivity contribution >= 4 is 0 Å². The normalized spacial score (nSPS) is 16.8. The predicted molar refractivity (Wildman–Crippen MR) is 52.5 cm³/mol. The van der Waals surface area contributed by atoms with Gasteiger partial charge in [-0.15, -0.1) is 13.2 Å². The van der Waals surface area contributed by atoms with Crippen LogP contribution >= 0.6 is 0 Å². The Morgan fingerprint density at radius 2 is 1.91 bits per heavy atom. The molecule has 1 rings (SSSR count). The van der Waals surface area contributed by atoms with E-state index in [4.69, 9.17) is 0 Å². The predicted octanol–water partition coefficient (Wildman–Crippen LogP) is 3.72. The van der Waals surface area contributed by atoms with Crippen molar-refractivity contribution in [1.82, 2.24) is 0 Å². The summed E-state index contributed by atoms with van der Waals surface area (Å²) < 4.78 is 0. The molecule has 0 aromatic heterocycles. The lowest BCUT2D eigenvalue weighted by Crippen LogP contribution is -2.11.